The topological polar surface area (TPSA) is 124 Å². The molecule has 0 saturated carbocycles. The lowest BCUT2D eigenvalue weighted by atomic mass is 10.1. The van der Waals surface area contributed by atoms with Gasteiger partial charge in [-0.05, 0) is 25.2 Å². The highest BCUT2D eigenvalue weighted by atomic mass is 16.3. The van der Waals surface area contributed by atoms with E-state index in [4.69, 9.17) is 20.4 Å². The van der Waals surface area contributed by atoms with Gasteiger partial charge in [-0.15, -0.1) is 0 Å². The van der Waals surface area contributed by atoms with Gasteiger partial charge in [0.25, 0.3) is 6.47 Å². The van der Waals surface area contributed by atoms with Gasteiger partial charge in [-0.25, -0.2) is 0 Å². The Labute approximate surface area is 160 Å². The first-order valence-electron chi connectivity index (χ1n) is 8.13. The number of aliphatic hydroxyl groups excluding tert-OH is 2. The maximum absolute atomic E-state index is 9.65. The number of carbonyl (C=O) groups is 2. The maximum atomic E-state index is 9.65. The molecule has 0 aliphatic heterocycles. The van der Waals surface area contributed by atoms with Crippen molar-refractivity contribution in [3.05, 3.63) is 71.8 Å². The fourth-order valence-electron chi connectivity index (χ4n) is 1.94. The van der Waals surface area contributed by atoms with Crippen molar-refractivity contribution in [2.24, 2.45) is 5.73 Å². The van der Waals surface area contributed by atoms with Crippen LogP contribution in [0.1, 0.15) is 23.3 Å². The van der Waals surface area contributed by atoms with Crippen LogP contribution in [0, 0.1) is 0 Å². The lowest BCUT2D eigenvalue weighted by Crippen LogP contribution is -2.19. The summed E-state index contributed by atoms with van der Waals surface area (Å²) < 4.78 is 0. The molecule has 0 bridgehead atoms. The van der Waals surface area contributed by atoms with Crippen molar-refractivity contribution in [1.29, 1.82) is 0 Å². The minimum absolute atomic E-state index is 0.250. The number of hydrogen-bond donors (Lipinski definition) is 4. The highest BCUT2D eigenvalue weighted by molar-refractivity contribution is 5.32. The Morgan fingerprint density at radius 1 is 0.926 bits per heavy atom. The molecule has 0 heterocycles. The standard InChI is InChI=1S/C10H15NO.C8H11NO.CH2O2.CH2O/c1-11(2)8-10(12)9-6-4-3-5-7-9;9-6-8(10)7-4-2-1-3-5-7;2-1-3;1-2/h3-7,10,12H,8H2,1-2H3;1-5,8,10H,6,9H2;1H,(H,2,3);1H2/t10-;8-;;/m11../s1. The minimum atomic E-state index is -0.513. The van der Waals surface area contributed by atoms with E-state index in [1.54, 1.807) is 0 Å². The smallest absolute Gasteiger partial charge is 0.290 e. The first-order chi connectivity index (χ1) is 13.0. The molecule has 0 aromatic heterocycles. The van der Waals surface area contributed by atoms with E-state index >= 15 is 0 Å². The predicted molar refractivity (Wildman–Crippen MR) is 106 cm³/mol. The van der Waals surface area contributed by atoms with E-state index in [9.17, 15) is 10.2 Å². The van der Waals surface area contributed by atoms with Crippen molar-refractivity contribution >= 4 is 13.3 Å². The van der Waals surface area contributed by atoms with Crippen molar-refractivity contribution in [2.75, 3.05) is 27.2 Å². The summed E-state index contributed by atoms with van der Waals surface area (Å²) in [6.07, 6.45) is -0.887. The van der Waals surface area contributed by atoms with Gasteiger partial charge in [-0.2, -0.15) is 0 Å². The van der Waals surface area contributed by atoms with Crippen LogP contribution in [0.15, 0.2) is 60.7 Å². The molecule has 0 spiro atoms. The highest BCUT2D eigenvalue weighted by Crippen LogP contribution is 2.11. The molecule has 2 rings (SSSR count). The molecular formula is C20H30N2O5. The zero-order valence-corrected chi connectivity index (χ0v) is 15.8. The molecule has 27 heavy (non-hydrogen) atoms. The molecule has 7 heteroatoms. The van der Waals surface area contributed by atoms with E-state index in [0.717, 1.165) is 11.1 Å². The number of benzene rings is 2. The molecule has 5 N–H and O–H groups in total. The van der Waals surface area contributed by atoms with E-state index in [0.29, 0.717) is 6.54 Å². The quantitative estimate of drug-likeness (QED) is 0.581. The zero-order chi connectivity index (χ0) is 21.1. The fraction of sp³-hybridized carbons (Fsp3) is 0.300. The summed E-state index contributed by atoms with van der Waals surface area (Å²) in [7, 11) is 3.90. The van der Waals surface area contributed by atoms with Gasteiger partial charge in [0.1, 0.15) is 6.79 Å². The summed E-state index contributed by atoms with van der Waals surface area (Å²) in [6, 6.07) is 19.1. The third-order valence-electron chi connectivity index (χ3n) is 3.13. The number of carbonyl (C=O) groups excluding carboxylic acids is 1. The largest absolute Gasteiger partial charge is 0.483 e. The highest BCUT2D eigenvalue weighted by Gasteiger charge is 2.06. The van der Waals surface area contributed by atoms with Crippen molar-refractivity contribution in [3.63, 3.8) is 0 Å². The molecule has 0 amide bonds. The summed E-state index contributed by atoms with van der Waals surface area (Å²) in [5, 5.41) is 25.7. The molecule has 0 aliphatic carbocycles. The van der Waals surface area contributed by atoms with Crippen LogP contribution < -0.4 is 5.73 Å². The normalized spacial score (nSPS) is 11.3. The Hall–Kier alpha value is -2.58. The number of aliphatic hydroxyl groups is 2. The van der Waals surface area contributed by atoms with E-state index in [1.807, 2.05) is 86.4 Å². The van der Waals surface area contributed by atoms with E-state index in [2.05, 4.69) is 0 Å². The Bertz CT molecular complexity index is 567. The molecule has 2 atom stereocenters. The first-order valence-corrected chi connectivity index (χ1v) is 8.13. The second-order valence-corrected chi connectivity index (χ2v) is 5.46. The Morgan fingerprint density at radius 3 is 1.56 bits per heavy atom. The molecule has 0 fully saturated rings. The van der Waals surface area contributed by atoms with Gasteiger partial charge in [-0.1, -0.05) is 60.7 Å². The molecule has 0 saturated heterocycles. The Morgan fingerprint density at radius 2 is 1.26 bits per heavy atom. The zero-order valence-electron chi connectivity index (χ0n) is 15.8. The van der Waals surface area contributed by atoms with Crippen molar-refractivity contribution in [2.45, 2.75) is 12.2 Å². The summed E-state index contributed by atoms with van der Waals surface area (Å²) in [6.45, 7) is 2.70. The average Bonchev–Trinajstić information content (AvgIpc) is 2.71. The van der Waals surface area contributed by atoms with Crippen molar-refractivity contribution < 1.29 is 24.9 Å². The SMILES string of the molecule is C=O.CN(C)C[C@@H](O)c1ccccc1.NC[C@@H](O)c1ccccc1.O=CO. The molecule has 2 aromatic rings. The van der Waals surface area contributed by atoms with Crippen LogP contribution in [-0.2, 0) is 9.59 Å². The van der Waals surface area contributed by atoms with E-state index < -0.39 is 6.10 Å². The number of likely N-dealkylation sites (N-methyl/N-ethyl adjacent to an activating group) is 1. The summed E-state index contributed by atoms with van der Waals surface area (Å²) in [5.41, 5.74) is 7.11. The van der Waals surface area contributed by atoms with Crippen molar-refractivity contribution in [3.8, 4) is 0 Å². The monoisotopic (exact) mass is 378 g/mol. The third kappa shape index (κ3) is 14.3. The van der Waals surface area contributed by atoms with E-state index in [-0.39, 0.29) is 19.1 Å². The second kappa shape index (κ2) is 18.2. The number of rotatable bonds is 5. The van der Waals surface area contributed by atoms with Crippen LogP contribution in [-0.4, -0.2) is 60.7 Å². The molecule has 0 unspecified atom stereocenters. The summed E-state index contributed by atoms with van der Waals surface area (Å²) in [4.78, 5) is 18.3. The lowest BCUT2D eigenvalue weighted by molar-refractivity contribution is -0.122. The first kappa shape index (κ1) is 26.6. The molecule has 0 radical (unpaired) electrons. The number of nitrogens with zero attached hydrogens (tertiary/aromatic N) is 1. The van der Waals surface area contributed by atoms with Gasteiger partial charge >= 0.3 is 0 Å². The molecule has 7 nitrogen and oxygen atoms in total. The Balaban J connectivity index is 0. The van der Waals surface area contributed by atoms with Crippen LogP contribution >= 0.6 is 0 Å². The van der Waals surface area contributed by atoms with Gasteiger partial charge in [-0.3, -0.25) is 4.79 Å². The van der Waals surface area contributed by atoms with Crippen LogP contribution in [0.25, 0.3) is 0 Å². The number of nitrogens with two attached hydrogens (primary N) is 1. The predicted octanol–water partition coefficient (Wildman–Crippen LogP) is 1.48. The van der Waals surface area contributed by atoms with Crippen LogP contribution in [0.2, 0.25) is 0 Å². The second-order valence-electron chi connectivity index (χ2n) is 5.46. The van der Waals surface area contributed by atoms with Gasteiger partial charge in [0.05, 0.1) is 12.2 Å². The van der Waals surface area contributed by atoms with Crippen LogP contribution in [0.4, 0.5) is 0 Å². The summed E-state index contributed by atoms with van der Waals surface area (Å²) in [5.74, 6) is 0. The Kier molecular flexibility index (Phi) is 18.0. The minimum Gasteiger partial charge on any atom is -0.483 e. The molecular weight excluding hydrogens is 348 g/mol. The molecule has 150 valence electrons. The van der Waals surface area contributed by atoms with Gasteiger partial charge in [0, 0.05) is 13.1 Å². The third-order valence-corrected chi connectivity index (χ3v) is 3.13. The average molecular weight is 378 g/mol. The summed E-state index contributed by atoms with van der Waals surface area (Å²) >= 11 is 0. The molecule has 0 aliphatic rings. The van der Waals surface area contributed by atoms with Gasteiger partial charge < -0.3 is 30.7 Å². The van der Waals surface area contributed by atoms with Crippen molar-refractivity contribution in [1.82, 2.24) is 4.90 Å². The fourth-order valence-corrected chi connectivity index (χ4v) is 1.94. The van der Waals surface area contributed by atoms with Crippen LogP contribution in [0.5, 0.6) is 0 Å². The lowest BCUT2D eigenvalue weighted by Gasteiger charge is -2.15. The van der Waals surface area contributed by atoms with Crippen LogP contribution in [0.3, 0.4) is 0 Å². The maximum Gasteiger partial charge on any atom is 0.290 e. The van der Waals surface area contributed by atoms with E-state index in [1.165, 1.54) is 0 Å². The van der Waals surface area contributed by atoms with Gasteiger partial charge in [0.15, 0.2) is 0 Å². The number of carboxylic acid groups (broad SMARTS) is 1. The molecule has 2 aromatic carbocycles. The number of hydrogen-bond acceptors (Lipinski definition) is 6. The van der Waals surface area contributed by atoms with Gasteiger partial charge in [0.2, 0.25) is 0 Å².